The van der Waals surface area contributed by atoms with E-state index < -0.39 is 0 Å². The van der Waals surface area contributed by atoms with Gasteiger partial charge in [0.2, 0.25) is 0 Å². The fraction of sp³-hybridized carbons (Fsp3) is 0.267. The standard InChI is InChI=1S/C15H16BrN3OS.HI/c16-11-6-8-21-14(11)9-18-15(17)19-12-5-7-20-13-4-2-1-3-10(12)13;/h1-4,6,8,12H,5,7,9H2,(H3,17,18,19);1H. The lowest BCUT2D eigenvalue weighted by atomic mass is 10.0. The number of halogens is 2. The number of nitrogens with one attached hydrogen (secondary N) is 1. The summed E-state index contributed by atoms with van der Waals surface area (Å²) in [6.45, 7) is 1.28. The second-order valence-electron chi connectivity index (χ2n) is 4.77. The highest BCUT2D eigenvalue weighted by Crippen LogP contribution is 2.31. The average Bonchev–Trinajstić information content (AvgIpc) is 2.91. The van der Waals surface area contributed by atoms with E-state index in [2.05, 4.69) is 32.3 Å². The van der Waals surface area contributed by atoms with Crippen LogP contribution in [0.3, 0.4) is 0 Å². The van der Waals surface area contributed by atoms with Gasteiger partial charge in [-0.3, -0.25) is 0 Å². The van der Waals surface area contributed by atoms with Crippen molar-refractivity contribution in [1.82, 2.24) is 5.32 Å². The van der Waals surface area contributed by atoms with E-state index >= 15 is 0 Å². The summed E-state index contributed by atoms with van der Waals surface area (Å²) in [5.74, 6) is 1.40. The Morgan fingerprint density at radius 3 is 3.00 bits per heavy atom. The molecule has 0 saturated carbocycles. The number of thiophene rings is 1. The maximum atomic E-state index is 6.02. The van der Waals surface area contributed by atoms with E-state index in [1.54, 1.807) is 11.3 Å². The molecule has 3 rings (SSSR count). The Hall–Kier alpha value is -0.800. The Kier molecular flexibility index (Phi) is 6.51. The molecule has 22 heavy (non-hydrogen) atoms. The molecule has 0 fully saturated rings. The average molecular weight is 494 g/mol. The molecule has 0 spiro atoms. The van der Waals surface area contributed by atoms with Crippen molar-refractivity contribution in [2.24, 2.45) is 10.7 Å². The first-order valence-electron chi connectivity index (χ1n) is 6.74. The van der Waals surface area contributed by atoms with Crippen molar-refractivity contribution < 1.29 is 4.74 Å². The Bertz CT molecular complexity index is 662. The first-order chi connectivity index (χ1) is 10.2. The zero-order chi connectivity index (χ0) is 14.7. The third kappa shape index (κ3) is 4.14. The van der Waals surface area contributed by atoms with Crippen molar-refractivity contribution in [2.45, 2.75) is 19.0 Å². The van der Waals surface area contributed by atoms with Crippen LogP contribution in [0.1, 0.15) is 22.9 Å². The van der Waals surface area contributed by atoms with Crippen LogP contribution < -0.4 is 15.8 Å². The fourth-order valence-electron chi connectivity index (χ4n) is 2.31. The summed E-state index contributed by atoms with van der Waals surface area (Å²) < 4.78 is 6.73. The van der Waals surface area contributed by atoms with Crippen LogP contribution >= 0.6 is 51.2 Å². The number of hydrogen-bond donors (Lipinski definition) is 2. The van der Waals surface area contributed by atoms with Crippen LogP contribution in [0.4, 0.5) is 0 Å². The molecule has 3 N–H and O–H groups in total. The Labute approximate surface area is 159 Å². The monoisotopic (exact) mass is 493 g/mol. The number of nitrogens with two attached hydrogens (primary N) is 1. The SMILES string of the molecule is I.NC(=NCc1sccc1Br)NC1CCOc2ccccc21. The summed E-state index contributed by atoms with van der Waals surface area (Å²) in [6, 6.07) is 10.2. The van der Waals surface area contributed by atoms with Crippen LogP contribution in [-0.2, 0) is 6.54 Å². The molecule has 118 valence electrons. The van der Waals surface area contributed by atoms with Crippen molar-refractivity contribution >= 4 is 57.2 Å². The summed E-state index contributed by atoms with van der Waals surface area (Å²) in [5.41, 5.74) is 7.15. The van der Waals surface area contributed by atoms with Gasteiger partial charge in [0.25, 0.3) is 0 Å². The summed E-state index contributed by atoms with van der Waals surface area (Å²) in [7, 11) is 0. The van der Waals surface area contributed by atoms with E-state index in [1.165, 1.54) is 4.88 Å². The smallest absolute Gasteiger partial charge is 0.189 e. The van der Waals surface area contributed by atoms with E-state index in [0.717, 1.165) is 22.2 Å². The molecular formula is C15H17BrIN3OS. The Morgan fingerprint density at radius 2 is 2.23 bits per heavy atom. The normalized spacial score (nSPS) is 17.1. The number of ether oxygens (including phenoxy) is 1. The van der Waals surface area contributed by atoms with Gasteiger partial charge >= 0.3 is 0 Å². The summed E-state index contributed by atoms with van der Waals surface area (Å²) in [6.07, 6.45) is 0.885. The minimum atomic E-state index is 0. The number of para-hydroxylation sites is 1. The number of hydrogen-bond acceptors (Lipinski definition) is 3. The number of guanidine groups is 1. The van der Waals surface area contributed by atoms with Crippen molar-refractivity contribution in [2.75, 3.05) is 6.61 Å². The van der Waals surface area contributed by atoms with E-state index in [9.17, 15) is 0 Å². The van der Waals surface area contributed by atoms with Gasteiger partial charge in [-0.15, -0.1) is 35.3 Å². The molecule has 0 aliphatic carbocycles. The fourth-order valence-corrected chi connectivity index (χ4v) is 3.71. The van der Waals surface area contributed by atoms with Crippen LogP contribution in [0.25, 0.3) is 0 Å². The van der Waals surface area contributed by atoms with E-state index in [4.69, 9.17) is 10.5 Å². The van der Waals surface area contributed by atoms with Gasteiger partial charge < -0.3 is 15.8 Å². The predicted octanol–water partition coefficient (Wildman–Crippen LogP) is 4.06. The van der Waals surface area contributed by atoms with Crippen molar-refractivity contribution in [3.8, 4) is 5.75 Å². The number of fused-ring (bicyclic) bond motifs is 1. The van der Waals surface area contributed by atoms with Gasteiger partial charge in [-0.1, -0.05) is 18.2 Å². The number of rotatable bonds is 3. The first-order valence-corrected chi connectivity index (χ1v) is 8.41. The third-order valence-electron chi connectivity index (χ3n) is 3.36. The molecule has 7 heteroatoms. The number of aliphatic imine (C=N–C) groups is 1. The van der Waals surface area contributed by atoms with Crippen LogP contribution in [0.15, 0.2) is 45.2 Å². The number of nitrogens with zero attached hydrogens (tertiary/aromatic N) is 1. The van der Waals surface area contributed by atoms with Gasteiger partial charge in [-0.25, -0.2) is 4.99 Å². The van der Waals surface area contributed by atoms with Crippen LogP contribution in [0, 0.1) is 0 Å². The van der Waals surface area contributed by atoms with Crippen LogP contribution in [0.5, 0.6) is 5.75 Å². The molecule has 1 unspecified atom stereocenters. The topological polar surface area (TPSA) is 59.6 Å². The van der Waals surface area contributed by atoms with E-state index in [1.807, 2.05) is 29.6 Å². The van der Waals surface area contributed by atoms with Gasteiger partial charge in [0.15, 0.2) is 5.96 Å². The zero-order valence-electron chi connectivity index (χ0n) is 11.8. The minimum absolute atomic E-state index is 0. The first kappa shape index (κ1) is 17.6. The molecule has 1 aliphatic rings. The van der Waals surface area contributed by atoms with Crippen molar-refractivity contribution in [3.63, 3.8) is 0 Å². The molecule has 1 aromatic carbocycles. The Balaban J connectivity index is 0.00000176. The van der Waals surface area contributed by atoms with E-state index in [-0.39, 0.29) is 30.0 Å². The maximum Gasteiger partial charge on any atom is 0.189 e. The van der Waals surface area contributed by atoms with Gasteiger partial charge in [0.1, 0.15) is 5.75 Å². The van der Waals surface area contributed by atoms with Crippen molar-refractivity contribution in [3.05, 3.63) is 50.6 Å². The number of benzene rings is 1. The molecule has 1 aliphatic heterocycles. The summed E-state index contributed by atoms with van der Waals surface area (Å²) in [5, 5.41) is 5.33. The molecule has 0 saturated heterocycles. The Morgan fingerprint density at radius 1 is 1.41 bits per heavy atom. The largest absolute Gasteiger partial charge is 0.493 e. The van der Waals surface area contributed by atoms with Gasteiger partial charge in [-0.2, -0.15) is 0 Å². The maximum absolute atomic E-state index is 6.02. The molecule has 2 heterocycles. The lowest BCUT2D eigenvalue weighted by molar-refractivity contribution is 0.262. The molecule has 4 nitrogen and oxygen atoms in total. The zero-order valence-corrected chi connectivity index (χ0v) is 16.5. The summed E-state index contributed by atoms with van der Waals surface area (Å²) >= 11 is 5.17. The third-order valence-corrected chi connectivity index (χ3v) is 5.28. The van der Waals surface area contributed by atoms with Gasteiger partial charge in [-0.05, 0) is 33.4 Å². The second kappa shape index (κ2) is 8.16. The predicted molar refractivity (Wildman–Crippen MR) is 105 cm³/mol. The molecule has 0 bridgehead atoms. The van der Waals surface area contributed by atoms with Crippen LogP contribution in [-0.4, -0.2) is 12.6 Å². The second-order valence-corrected chi connectivity index (χ2v) is 6.62. The van der Waals surface area contributed by atoms with E-state index in [0.29, 0.717) is 19.1 Å². The molecule has 1 atom stereocenters. The molecule has 1 aromatic heterocycles. The molecule has 2 aromatic rings. The quantitative estimate of drug-likeness (QED) is 0.385. The summed E-state index contributed by atoms with van der Waals surface area (Å²) in [4.78, 5) is 5.59. The molecular weight excluding hydrogens is 477 g/mol. The molecule has 0 radical (unpaired) electrons. The van der Waals surface area contributed by atoms with Gasteiger partial charge in [0, 0.05) is 21.3 Å². The lowest BCUT2D eigenvalue weighted by Gasteiger charge is -2.26. The highest BCUT2D eigenvalue weighted by atomic mass is 127. The molecule has 0 amide bonds. The lowest BCUT2D eigenvalue weighted by Crippen LogP contribution is -2.37. The van der Waals surface area contributed by atoms with Crippen LogP contribution in [0.2, 0.25) is 0 Å². The highest BCUT2D eigenvalue weighted by Gasteiger charge is 2.21. The van der Waals surface area contributed by atoms with Gasteiger partial charge in [0.05, 0.1) is 19.2 Å². The highest BCUT2D eigenvalue weighted by molar-refractivity contribution is 14.0. The minimum Gasteiger partial charge on any atom is -0.493 e. The van der Waals surface area contributed by atoms with Crippen molar-refractivity contribution in [1.29, 1.82) is 0 Å².